The van der Waals surface area contributed by atoms with Gasteiger partial charge in [-0.2, -0.15) is 11.6 Å². The van der Waals surface area contributed by atoms with Crippen molar-refractivity contribution < 1.29 is 51.0 Å². The van der Waals surface area contributed by atoms with Crippen LogP contribution in [0.1, 0.15) is 34.1 Å². The third kappa shape index (κ3) is 5.62. The van der Waals surface area contributed by atoms with Gasteiger partial charge in [-0.25, -0.2) is 5.57 Å². The van der Waals surface area contributed by atoms with Gasteiger partial charge in [-0.3, -0.25) is 6.08 Å². The molecule has 0 aliphatic heterocycles. The summed E-state index contributed by atoms with van der Waals surface area (Å²) in [5.74, 6) is 0. The van der Waals surface area contributed by atoms with E-state index in [1.165, 1.54) is 32.7 Å². The predicted octanol–water partition coefficient (Wildman–Crippen LogP) is 0.829. The van der Waals surface area contributed by atoms with Gasteiger partial charge in [-0.15, -0.1) is 46.2 Å². The van der Waals surface area contributed by atoms with Crippen molar-refractivity contribution in [3.8, 4) is 0 Å². The summed E-state index contributed by atoms with van der Waals surface area (Å²) < 4.78 is 0. The Labute approximate surface area is 189 Å². The van der Waals surface area contributed by atoms with E-state index in [1.54, 1.807) is 0 Å². The normalized spacial score (nSPS) is 12.8. The zero-order valence-electron chi connectivity index (χ0n) is 15.7. The molecule has 0 spiro atoms. The van der Waals surface area contributed by atoms with Crippen LogP contribution in [-0.4, -0.2) is 0 Å². The van der Waals surface area contributed by atoms with Crippen LogP contribution in [0.3, 0.4) is 0 Å². The number of halogens is 2. The maximum absolute atomic E-state index is 3.30. The van der Waals surface area contributed by atoms with Crippen molar-refractivity contribution in [1.29, 1.82) is 0 Å². The number of hydrogen-bond acceptors (Lipinski definition) is 0. The molecule has 0 N–H and O–H groups in total. The van der Waals surface area contributed by atoms with Gasteiger partial charge < -0.3 is 24.8 Å². The van der Waals surface area contributed by atoms with Crippen LogP contribution in [0, 0.1) is 11.5 Å². The van der Waals surface area contributed by atoms with Gasteiger partial charge >= 0.3 is 26.2 Å². The Balaban J connectivity index is 0.000000445. The van der Waals surface area contributed by atoms with Crippen LogP contribution >= 0.6 is 0 Å². The van der Waals surface area contributed by atoms with Gasteiger partial charge in [0.2, 0.25) is 0 Å². The molecule has 3 heteroatoms. The average molecular weight is 463 g/mol. The molecule has 0 atom stereocenters. The molecule has 134 valence electrons. The molecule has 1 aliphatic rings. The Hall–Kier alpha value is -0.747. The number of benzene rings is 2. The first-order chi connectivity index (χ1) is 11.0. The maximum Gasteiger partial charge on any atom is 4.00 e. The van der Waals surface area contributed by atoms with Crippen molar-refractivity contribution in [1.82, 2.24) is 0 Å². The molecule has 3 aromatic rings. The van der Waals surface area contributed by atoms with Gasteiger partial charge in [-0.1, -0.05) is 69.5 Å². The molecular weight excluding hydrogens is 438 g/mol. The molecule has 0 aromatic heterocycles. The molecule has 4 rings (SSSR count). The summed E-state index contributed by atoms with van der Waals surface area (Å²) in [6.45, 7) is 8.88. The number of fused-ring (bicyclic) bond motifs is 3. The number of allylic oxidation sites excluding steroid dienone is 4. The molecule has 0 nitrogen and oxygen atoms in total. The zero-order valence-corrected chi connectivity index (χ0v) is 19.7. The van der Waals surface area contributed by atoms with Crippen LogP contribution in [0.4, 0.5) is 0 Å². The topological polar surface area (TPSA) is 0 Å². The molecule has 0 unspecified atom stereocenters. The predicted molar refractivity (Wildman–Crippen MR) is 102 cm³/mol. The fraction of sp³-hybridized carbons (Fsp3) is 0.261. The summed E-state index contributed by atoms with van der Waals surface area (Å²) in [6, 6.07) is 19.3. The standard InChI is InChI=1S/C13H9.C10H15.2ClH.Zr/c1-3-7-12-10(5-1)9-11-6-2-4-8-13(11)12;1-8-6-5-7-9(8)10(2,3)4;;;/h1-9H;7H,5H2,1-4H3;2*1H;/q2*-1;;;+4/p-2. The van der Waals surface area contributed by atoms with E-state index in [2.05, 4.69) is 94.4 Å². The van der Waals surface area contributed by atoms with E-state index in [9.17, 15) is 0 Å². The maximum atomic E-state index is 3.30. The molecule has 3 aromatic carbocycles. The summed E-state index contributed by atoms with van der Waals surface area (Å²) in [5, 5.41) is 5.39. The van der Waals surface area contributed by atoms with Crippen molar-refractivity contribution in [3.63, 3.8) is 0 Å². The van der Waals surface area contributed by atoms with E-state index in [-0.39, 0.29) is 51.0 Å². The summed E-state index contributed by atoms with van der Waals surface area (Å²) >= 11 is 0. The Morgan fingerprint density at radius 2 is 1.31 bits per heavy atom. The van der Waals surface area contributed by atoms with Gasteiger partial charge in [-0.05, 0) is 0 Å². The van der Waals surface area contributed by atoms with Crippen molar-refractivity contribution in [2.75, 3.05) is 0 Å². The van der Waals surface area contributed by atoms with E-state index in [4.69, 9.17) is 0 Å². The quantitative estimate of drug-likeness (QED) is 0.435. The van der Waals surface area contributed by atoms with E-state index >= 15 is 0 Å². The fourth-order valence-electron chi connectivity index (χ4n) is 3.33. The first-order valence-corrected chi connectivity index (χ1v) is 8.28. The van der Waals surface area contributed by atoms with Crippen molar-refractivity contribution >= 4 is 21.5 Å². The second-order valence-corrected chi connectivity index (χ2v) is 7.19. The van der Waals surface area contributed by atoms with Gasteiger partial charge in [0, 0.05) is 0 Å². The van der Waals surface area contributed by atoms with Crippen LogP contribution < -0.4 is 24.8 Å². The van der Waals surface area contributed by atoms with Crippen LogP contribution in [-0.2, 0) is 26.2 Å². The summed E-state index contributed by atoms with van der Waals surface area (Å²) in [4.78, 5) is 0. The first kappa shape index (κ1) is 25.3. The Kier molecular flexibility index (Phi) is 10.2. The Bertz CT molecular complexity index is 845. The molecule has 0 amide bonds. The molecular formula is C23H24Cl2Zr. The zero-order chi connectivity index (χ0) is 16.4. The minimum absolute atomic E-state index is 0. The van der Waals surface area contributed by atoms with Crippen molar-refractivity contribution in [2.24, 2.45) is 5.41 Å². The van der Waals surface area contributed by atoms with E-state index in [1.807, 2.05) is 0 Å². The third-order valence-electron chi connectivity index (χ3n) is 4.41. The summed E-state index contributed by atoms with van der Waals surface area (Å²) in [6.07, 6.45) is 6.59. The van der Waals surface area contributed by atoms with Crippen molar-refractivity contribution in [3.05, 3.63) is 77.9 Å². The number of rotatable bonds is 0. The first-order valence-electron chi connectivity index (χ1n) is 8.28. The van der Waals surface area contributed by atoms with Gasteiger partial charge in [0.1, 0.15) is 0 Å². The Morgan fingerprint density at radius 3 is 1.65 bits per heavy atom. The van der Waals surface area contributed by atoms with Crippen LogP contribution in [0.5, 0.6) is 0 Å². The average Bonchev–Trinajstić information content (AvgIpc) is 3.11. The Morgan fingerprint density at radius 1 is 0.846 bits per heavy atom. The third-order valence-corrected chi connectivity index (χ3v) is 4.41. The molecule has 0 saturated heterocycles. The molecule has 0 bridgehead atoms. The largest absolute Gasteiger partial charge is 4.00 e. The van der Waals surface area contributed by atoms with Crippen molar-refractivity contribution in [2.45, 2.75) is 34.1 Å². The SMILES string of the molecule is CC1=[C-]CC=C1C(C)(C)C.[Cl-].[Cl-].[Zr+4].c1ccc2c(c1)[cH-]c1ccccc12. The molecule has 26 heavy (non-hydrogen) atoms. The smallest absolute Gasteiger partial charge is 1.00 e. The molecule has 0 radical (unpaired) electrons. The fourth-order valence-corrected chi connectivity index (χ4v) is 3.33. The molecule has 1 aliphatic carbocycles. The van der Waals surface area contributed by atoms with Crippen LogP contribution in [0.15, 0.2) is 71.8 Å². The van der Waals surface area contributed by atoms with E-state index in [0.29, 0.717) is 5.41 Å². The molecule has 0 saturated carbocycles. The molecule has 0 heterocycles. The van der Waals surface area contributed by atoms with Gasteiger partial charge in [0.25, 0.3) is 0 Å². The van der Waals surface area contributed by atoms with E-state index < -0.39 is 0 Å². The minimum atomic E-state index is 0. The van der Waals surface area contributed by atoms with Crippen LogP contribution in [0.2, 0.25) is 0 Å². The van der Waals surface area contributed by atoms with Gasteiger partial charge in [0.05, 0.1) is 0 Å². The molecule has 0 fully saturated rings. The second-order valence-electron chi connectivity index (χ2n) is 7.19. The monoisotopic (exact) mass is 460 g/mol. The van der Waals surface area contributed by atoms with Crippen LogP contribution in [0.25, 0.3) is 21.5 Å². The second kappa shape index (κ2) is 10.6. The van der Waals surface area contributed by atoms with E-state index in [0.717, 1.165) is 6.42 Å². The summed E-state index contributed by atoms with van der Waals surface area (Å²) in [7, 11) is 0. The minimum Gasteiger partial charge on any atom is -1.00 e. The summed E-state index contributed by atoms with van der Waals surface area (Å²) in [5.41, 5.74) is 3.12. The number of hydrogen-bond donors (Lipinski definition) is 0. The van der Waals surface area contributed by atoms with Gasteiger partial charge in [0.15, 0.2) is 0 Å².